The van der Waals surface area contributed by atoms with Crippen LogP contribution in [0.3, 0.4) is 0 Å². The Kier molecular flexibility index (Phi) is 5.56. The number of halogens is 1. The lowest BCUT2D eigenvalue weighted by atomic mass is 10.0. The van der Waals surface area contributed by atoms with Gasteiger partial charge in [0, 0.05) is 18.2 Å². The number of hydrogen-bond acceptors (Lipinski definition) is 3. The third-order valence-corrected chi connectivity index (χ3v) is 4.29. The van der Waals surface area contributed by atoms with Gasteiger partial charge in [0.1, 0.15) is 5.82 Å². The Labute approximate surface area is 125 Å². The molecule has 0 heterocycles. The fraction of sp³-hybridized carbons (Fsp3) is 0.562. The van der Waals surface area contributed by atoms with Crippen LogP contribution >= 0.6 is 0 Å². The summed E-state index contributed by atoms with van der Waals surface area (Å²) in [5.74, 6) is 0.361. The van der Waals surface area contributed by atoms with E-state index in [1.807, 2.05) is 0 Å². The van der Waals surface area contributed by atoms with Crippen LogP contribution in [-0.4, -0.2) is 17.1 Å². The molecule has 1 aromatic carbocycles. The lowest BCUT2D eigenvalue weighted by Crippen LogP contribution is -2.29. The van der Waals surface area contributed by atoms with E-state index in [-0.39, 0.29) is 11.7 Å². The van der Waals surface area contributed by atoms with Gasteiger partial charge in [0.25, 0.3) is 0 Å². The first kappa shape index (κ1) is 15.8. The van der Waals surface area contributed by atoms with Gasteiger partial charge in [-0.05, 0) is 42.9 Å². The summed E-state index contributed by atoms with van der Waals surface area (Å²) in [5, 5.41) is 15.3. The molecule has 0 saturated heterocycles. The van der Waals surface area contributed by atoms with Crippen LogP contribution in [-0.2, 0) is 6.54 Å². The maximum atomic E-state index is 13.3. The summed E-state index contributed by atoms with van der Waals surface area (Å²) in [6.45, 7) is 2.91. The monoisotopic (exact) mass is 293 g/mol. The van der Waals surface area contributed by atoms with Crippen LogP contribution in [0.15, 0.2) is 23.4 Å². The minimum atomic E-state index is -0.386. The summed E-state index contributed by atoms with van der Waals surface area (Å²) < 4.78 is 13.3. The van der Waals surface area contributed by atoms with E-state index in [4.69, 9.17) is 10.9 Å². The van der Waals surface area contributed by atoms with Gasteiger partial charge in [-0.3, -0.25) is 0 Å². The normalized spacial score (nSPS) is 23.8. The zero-order valence-corrected chi connectivity index (χ0v) is 12.5. The molecule has 0 radical (unpaired) electrons. The number of nitrogens with two attached hydrogens (primary N) is 1. The molecule has 2 atom stereocenters. The average Bonchev–Trinajstić information content (AvgIpc) is 2.69. The maximum Gasteiger partial charge on any atom is 0.170 e. The van der Waals surface area contributed by atoms with E-state index in [9.17, 15) is 4.39 Å². The van der Waals surface area contributed by atoms with Gasteiger partial charge in [0.2, 0.25) is 0 Å². The third-order valence-electron chi connectivity index (χ3n) is 4.29. The number of oxime groups is 1. The topological polar surface area (TPSA) is 70.6 Å². The van der Waals surface area contributed by atoms with E-state index < -0.39 is 0 Å². The molecule has 1 aromatic rings. The smallest absolute Gasteiger partial charge is 0.170 e. The molecule has 21 heavy (non-hydrogen) atoms. The molecule has 1 saturated carbocycles. The van der Waals surface area contributed by atoms with Crippen molar-refractivity contribution in [1.82, 2.24) is 5.32 Å². The van der Waals surface area contributed by atoms with E-state index in [2.05, 4.69) is 17.4 Å². The first-order chi connectivity index (χ1) is 10.1. The Morgan fingerprint density at radius 2 is 2.19 bits per heavy atom. The fourth-order valence-electron chi connectivity index (χ4n) is 2.94. The average molecular weight is 293 g/mol. The number of benzene rings is 1. The molecule has 5 heteroatoms. The van der Waals surface area contributed by atoms with Crippen molar-refractivity contribution in [2.45, 2.75) is 51.6 Å². The van der Waals surface area contributed by atoms with E-state index in [1.165, 1.54) is 44.2 Å². The van der Waals surface area contributed by atoms with Gasteiger partial charge >= 0.3 is 0 Å². The van der Waals surface area contributed by atoms with Crippen LogP contribution in [0.25, 0.3) is 0 Å². The van der Waals surface area contributed by atoms with Crippen molar-refractivity contribution in [3.8, 4) is 0 Å². The highest BCUT2D eigenvalue weighted by atomic mass is 19.1. The summed E-state index contributed by atoms with van der Waals surface area (Å²) in [6, 6.07) is 4.89. The molecule has 1 aliphatic rings. The lowest BCUT2D eigenvalue weighted by molar-refractivity contribution is 0.318. The molecule has 116 valence electrons. The second-order valence-electron chi connectivity index (χ2n) is 5.98. The molecule has 2 rings (SSSR count). The predicted molar refractivity (Wildman–Crippen MR) is 81.8 cm³/mol. The van der Waals surface area contributed by atoms with Crippen molar-refractivity contribution in [3.63, 3.8) is 0 Å². The zero-order valence-electron chi connectivity index (χ0n) is 12.5. The Morgan fingerprint density at radius 3 is 2.95 bits per heavy atom. The van der Waals surface area contributed by atoms with Crippen molar-refractivity contribution in [3.05, 3.63) is 35.1 Å². The van der Waals surface area contributed by atoms with E-state index in [0.29, 0.717) is 18.2 Å². The summed E-state index contributed by atoms with van der Waals surface area (Å²) in [6.07, 6.45) is 6.12. The molecular formula is C16H24FN3O. The molecule has 0 bridgehead atoms. The molecule has 0 amide bonds. The van der Waals surface area contributed by atoms with Crippen LogP contribution in [0, 0.1) is 11.7 Å². The quantitative estimate of drug-likeness (QED) is 0.263. The second kappa shape index (κ2) is 7.41. The number of rotatable bonds is 4. The summed E-state index contributed by atoms with van der Waals surface area (Å²) in [7, 11) is 0. The van der Waals surface area contributed by atoms with Gasteiger partial charge < -0.3 is 16.3 Å². The molecule has 1 aliphatic carbocycles. The summed E-state index contributed by atoms with van der Waals surface area (Å²) in [5.41, 5.74) is 6.92. The molecule has 4 nitrogen and oxygen atoms in total. The van der Waals surface area contributed by atoms with Gasteiger partial charge in [-0.15, -0.1) is 0 Å². The maximum absolute atomic E-state index is 13.3. The van der Waals surface area contributed by atoms with Crippen molar-refractivity contribution in [2.24, 2.45) is 16.8 Å². The zero-order chi connectivity index (χ0) is 15.2. The fourth-order valence-corrected chi connectivity index (χ4v) is 2.94. The minimum Gasteiger partial charge on any atom is -0.409 e. The molecular weight excluding hydrogens is 269 g/mol. The number of hydrogen-bond donors (Lipinski definition) is 3. The summed E-state index contributed by atoms with van der Waals surface area (Å²) >= 11 is 0. The Morgan fingerprint density at radius 1 is 1.38 bits per heavy atom. The molecule has 2 unspecified atom stereocenters. The molecule has 1 fully saturated rings. The van der Waals surface area contributed by atoms with E-state index >= 15 is 0 Å². The van der Waals surface area contributed by atoms with Crippen molar-refractivity contribution in [2.75, 3.05) is 0 Å². The van der Waals surface area contributed by atoms with E-state index in [0.717, 1.165) is 11.5 Å². The number of nitrogens with one attached hydrogen (secondary N) is 1. The SMILES string of the molecule is CC1CCCC(NCc2ccc(F)cc2/C(N)=N/O)CC1. The van der Waals surface area contributed by atoms with Gasteiger partial charge in [0.05, 0.1) is 0 Å². The summed E-state index contributed by atoms with van der Waals surface area (Å²) in [4.78, 5) is 0. The van der Waals surface area contributed by atoms with Crippen molar-refractivity contribution in [1.29, 1.82) is 0 Å². The van der Waals surface area contributed by atoms with Crippen LogP contribution in [0.5, 0.6) is 0 Å². The Balaban J connectivity index is 2.02. The van der Waals surface area contributed by atoms with E-state index in [1.54, 1.807) is 6.07 Å². The lowest BCUT2D eigenvalue weighted by Gasteiger charge is -2.18. The predicted octanol–water partition coefficient (Wildman–Crippen LogP) is 2.98. The number of nitrogens with zero attached hydrogens (tertiary/aromatic N) is 1. The molecule has 4 N–H and O–H groups in total. The first-order valence-corrected chi connectivity index (χ1v) is 7.60. The van der Waals surface area contributed by atoms with Gasteiger partial charge in [0.15, 0.2) is 5.84 Å². The van der Waals surface area contributed by atoms with Crippen LogP contribution in [0.4, 0.5) is 4.39 Å². The van der Waals surface area contributed by atoms with Crippen LogP contribution in [0.1, 0.15) is 50.2 Å². The minimum absolute atomic E-state index is 0.0548. The number of amidine groups is 1. The van der Waals surface area contributed by atoms with Crippen molar-refractivity contribution >= 4 is 5.84 Å². The highest BCUT2D eigenvalue weighted by Crippen LogP contribution is 2.23. The molecule has 0 aromatic heterocycles. The van der Waals surface area contributed by atoms with Crippen LogP contribution < -0.4 is 11.1 Å². The molecule has 0 aliphatic heterocycles. The molecule has 0 spiro atoms. The first-order valence-electron chi connectivity index (χ1n) is 7.60. The van der Waals surface area contributed by atoms with Gasteiger partial charge in [-0.1, -0.05) is 31.0 Å². The van der Waals surface area contributed by atoms with Gasteiger partial charge in [-0.2, -0.15) is 0 Å². The highest BCUT2D eigenvalue weighted by molar-refractivity contribution is 5.98. The second-order valence-corrected chi connectivity index (χ2v) is 5.98. The Hall–Kier alpha value is -1.62. The highest BCUT2D eigenvalue weighted by Gasteiger charge is 2.16. The third kappa shape index (κ3) is 4.43. The Bertz CT molecular complexity index is 504. The van der Waals surface area contributed by atoms with Crippen LogP contribution in [0.2, 0.25) is 0 Å². The largest absolute Gasteiger partial charge is 0.409 e. The van der Waals surface area contributed by atoms with Crippen molar-refractivity contribution < 1.29 is 9.60 Å². The standard InChI is InChI=1S/C16H24FN3O/c1-11-3-2-4-14(8-5-11)19-10-12-6-7-13(17)9-15(12)16(18)20-21/h6-7,9,11,14,19,21H,2-5,8,10H2,1H3,(H2,18,20). The van der Waals surface area contributed by atoms with Gasteiger partial charge in [-0.25, -0.2) is 4.39 Å².